The molecule has 154 valence electrons. The molecule has 2 rings (SSSR count). The lowest BCUT2D eigenvalue weighted by Gasteiger charge is -2.14. The van der Waals surface area contributed by atoms with E-state index in [9.17, 15) is 9.59 Å². The van der Waals surface area contributed by atoms with Gasteiger partial charge in [-0.15, -0.1) is 0 Å². The molecule has 0 aromatic heterocycles. The highest BCUT2D eigenvalue weighted by Gasteiger charge is 2.13. The van der Waals surface area contributed by atoms with E-state index in [0.717, 1.165) is 22.4 Å². The van der Waals surface area contributed by atoms with Gasteiger partial charge >= 0.3 is 0 Å². The van der Waals surface area contributed by atoms with Crippen LogP contribution >= 0.6 is 23.2 Å². The highest BCUT2D eigenvalue weighted by molar-refractivity contribution is 6.44. The van der Waals surface area contributed by atoms with Crippen molar-refractivity contribution in [3.63, 3.8) is 0 Å². The summed E-state index contributed by atoms with van der Waals surface area (Å²) >= 11 is 11.9. The molecule has 0 saturated heterocycles. The van der Waals surface area contributed by atoms with Gasteiger partial charge in [-0.25, -0.2) is 5.43 Å². The Bertz CT molecular complexity index is 943. The fourth-order valence-corrected chi connectivity index (χ4v) is 2.98. The number of methoxy groups -OCH3 is 1. The van der Waals surface area contributed by atoms with Crippen LogP contribution in [0.5, 0.6) is 5.75 Å². The van der Waals surface area contributed by atoms with E-state index < -0.39 is 18.2 Å². The van der Waals surface area contributed by atoms with E-state index >= 15 is 0 Å². The van der Waals surface area contributed by atoms with Crippen LogP contribution in [0.2, 0.25) is 10.0 Å². The third kappa shape index (κ3) is 6.21. The fourth-order valence-electron chi connectivity index (χ4n) is 2.64. The molecule has 0 unspecified atom stereocenters. The van der Waals surface area contributed by atoms with E-state index in [4.69, 9.17) is 27.9 Å². The number of anilines is 1. The standard InChI is InChI=1S/C21H23Cl2N3O3/c1-12(2)15-9-14(13(3)8-18(15)29-4)11-24-26-20(28)10-19(27)25-17-7-5-6-16(22)21(17)23/h5-9,11-12H,10H2,1-4H3,(H,25,27)(H,26,28). The number of hydrogen-bond donors (Lipinski definition) is 2. The lowest BCUT2D eigenvalue weighted by atomic mass is 9.97. The lowest BCUT2D eigenvalue weighted by molar-refractivity contribution is -0.126. The number of hydrazone groups is 1. The quantitative estimate of drug-likeness (QED) is 0.368. The van der Waals surface area contributed by atoms with Crippen molar-refractivity contribution in [2.75, 3.05) is 12.4 Å². The number of nitrogens with zero attached hydrogens (tertiary/aromatic N) is 1. The Morgan fingerprint density at radius 3 is 2.59 bits per heavy atom. The molecule has 0 atom stereocenters. The summed E-state index contributed by atoms with van der Waals surface area (Å²) in [5.74, 6) is 0.0149. The molecule has 2 N–H and O–H groups in total. The molecule has 29 heavy (non-hydrogen) atoms. The van der Waals surface area contributed by atoms with Gasteiger partial charge in [-0.2, -0.15) is 5.10 Å². The number of aryl methyl sites for hydroxylation is 1. The SMILES string of the molecule is COc1cc(C)c(C=NNC(=O)CC(=O)Nc2cccc(Cl)c2Cl)cc1C(C)C. The van der Waals surface area contributed by atoms with Crippen molar-refractivity contribution >= 4 is 46.9 Å². The zero-order valence-corrected chi connectivity index (χ0v) is 18.2. The number of rotatable bonds is 7. The minimum absolute atomic E-state index is 0.219. The highest BCUT2D eigenvalue weighted by Crippen LogP contribution is 2.30. The Labute approximate surface area is 180 Å². The third-order valence-electron chi connectivity index (χ3n) is 4.18. The van der Waals surface area contributed by atoms with Crippen LogP contribution in [-0.4, -0.2) is 25.1 Å². The number of carbonyl (C=O) groups excluding carboxylic acids is 2. The maximum atomic E-state index is 12.0. The van der Waals surface area contributed by atoms with Crippen molar-refractivity contribution in [3.8, 4) is 5.75 Å². The van der Waals surface area contributed by atoms with Crippen LogP contribution in [0.1, 0.15) is 42.9 Å². The summed E-state index contributed by atoms with van der Waals surface area (Å²) in [6, 6.07) is 8.76. The minimum atomic E-state index is -0.549. The summed E-state index contributed by atoms with van der Waals surface area (Å²) in [6.07, 6.45) is 1.14. The maximum absolute atomic E-state index is 12.0. The highest BCUT2D eigenvalue weighted by atomic mass is 35.5. The molecule has 2 aromatic rings. The van der Waals surface area contributed by atoms with Crippen LogP contribution in [0.25, 0.3) is 0 Å². The van der Waals surface area contributed by atoms with Crippen LogP contribution in [0, 0.1) is 6.92 Å². The number of halogens is 2. The van der Waals surface area contributed by atoms with Gasteiger partial charge in [0.05, 0.1) is 29.1 Å². The van der Waals surface area contributed by atoms with Crippen LogP contribution in [0.3, 0.4) is 0 Å². The largest absolute Gasteiger partial charge is 0.496 e. The van der Waals surface area contributed by atoms with Crippen molar-refractivity contribution in [1.29, 1.82) is 0 Å². The van der Waals surface area contributed by atoms with Crippen molar-refractivity contribution in [3.05, 3.63) is 57.1 Å². The number of nitrogens with one attached hydrogen (secondary N) is 2. The molecular formula is C21H23Cl2N3O3. The van der Waals surface area contributed by atoms with Crippen molar-refractivity contribution in [1.82, 2.24) is 5.43 Å². The predicted octanol–water partition coefficient (Wildman–Crippen LogP) is 4.91. The van der Waals surface area contributed by atoms with Gasteiger partial charge in [-0.1, -0.05) is 43.1 Å². The van der Waals surface area contributed by atoms with E-state index in [-0.39, 0.29) is 10.9 Å². The molecule has 0 fully saturated rings. The van der Waals surface area contributed by atoms with Crippen LogP contribution in [0.15, 0.2) is 35.4 Å². The van der Waals surface area contributed by atoms with Crippen LogP contribution in [0.4, 0.5) is 5.69 Å². The number of ether oxygens (including phenoxy) is 1. The van der Waals surface area contributed by atoms with Crippen LogP contribution in [-0.2, 0) is 9.59 Å². The molecule has 0 aliphatic carbocycles. The molecule has 2 aromatic carbocycles. The van der Waals surface area contributed by atoms with Gasteiger partial charge in [0.1, 0.15) is 12.2 Å². The molecule has 0 bridgehead atoms. The molecule has 2 amide bonds. The van der Waals surface area contributed by atoms with Gasteiger partial charge in [-0.05, 0) is 53.8 Å². The zero-order valence-electron chi connectivity index (χ0n) is 16.7. The first-order valence-corrected chi connectivity index (χ1v) is 9.72. The first kappa shape index (κ1) is 22.7. The molecule has 0 heterocycles. The second kappa shape index (κ2) is 10.3. The van der Waals surface area contributed by atoms with Crippen molar-refractivity contribution in [2.45, 2.75) is 33.1 Å². The Morgan fingerprint density at radius 2 is 1.93 bits per heavy atom. The smallest absolute Gasteiger partial charge is 0.249 e. The summed E-state index contributed by atoms with van der Waals surface area (Å²) in [6.45, 7) is 6.07. The topological polar surface area (TPSA) is 79.8 Å². The normalized spacial score (nSPS) is 11.0. The predicted molar refractivity (Wildman–Crippen MR) is 117 cm³/mol. The van der Waals surface area contributed by atoms with E-state index in [0.29, 0.717) is 10.7 Å². The Balaban J connectivity index is 1.98. The number of carbonyl (C=O) groups is 2. The number of benzene rings is 2. The van der Waals surface area contributed by atoms with Gasteiger partial charge in [0.25, 0.3) is 0 Å². The molecule has 0 aliphatic heterocycles. The summed E-state index contributed by atoms with van der Waals surface area (Å²) in [7, 11) is 1.64. The van der Waals surface area contributed by atoms with Gasteiger partial charge in [0.15, 0.2) is 0 Å². The van der Waals surface area contributed by atoms with E-state index in [1.54, 1.807) is 31.5 Å². The minimum Gasteiger partial charge on any atom is -0.496 e. The molecule has 0 aliphatic rings. The molecule has 8 heteroatoms. The van der Waals surface area contributed by atoms with Gasteiger partial charge in [-0.3, -0.25) is 9.59 Å². The van der Waals surface area contributed by atoms with Gasteiger partial charge < -0.3 is 10.1 Å². The molecular weight excluding hydrogens is 413 g/mol. The second-order valence-electron chi connectivity index (χ2n) is 6.72. The first-order valence-electron chi connectivity index (χ1n) is 8.97. The zero-order chi connectivity index (χ0) is 21.6. The molecule has 0 spiro atoms. The second-order valence-corrected chi connectivity index (χ2v) is 7.51. The first-order chi connectivity index (χ1) is 13.7. The number of amides is 2. The third-order valence-corrected chi connectivity index (χ3v) is 5.00. The summed E-state index contributed by atoms with van der Waals surface area (Å²) in [5.41, 5.74) is 5.55. The summed E-state index contributed by atoms with van der Waals surface area (Å²) in [5, 5.41) is 7.04. The van der Waals surface area contributed by atoms with E-state index in [1.165, 1.54) is 0 Å². The summed E-state index contributed by atoms with van der Waals surface area (Å²) < 4.78 is 5.42. The molecule has 0 saturated carbocycles. The average Bonchev–Trinajstić information content (AvgIpc) is 2.66. The molecule has 0 radical (unpaired) electrons. The maximum Gasteiger partial charge on any atom is 0.249 e. The van der Waals surface area contributed by atoms with Crippen molar-refractivity contribution in [2.24, 2.45) is 5.10 Å². The average molecular weight is 436 g/mol. The van der Waals surface area contributed by atoms with Gasteiger partial charge in [0.2, 0.25) is 11.8 Å². The van der Waals surface area contributed by atoms with Crippen molar-refractivity contribution < 1.29 is 14.3 Å². The van der Waals surface area contributed by atoms with Gasteiger partial charge in [0, 0.05) is 0 Å². The Kier molecular flexibility index (Phi) is 8.05. The van der Waals surface area contributed by atoms with Crippen LogP contribution < -0.4 is 15.5 Å². The van der Waals surface area contributed by atoms with E-state index in [2.05, 4.69) is 29.7 Å². The monoisotopic (exact) mass is 435 g/mol. The summed E-state index contributed by atoms with van der Waals surface area (Å²) in [4.78, 5) is 24.0. The molecule has 6 nitrogen and oxygen atoms in total. The Morgan fingerprint density at radius 1 is 1.21 bits per heavy atom. The Hall–Kier alpha value is -2.57. The fraction of sp³-hybridized carbons (Fsp3) is 0.286. The van der Waals surface area contributed by atoms with E-state index in [1.807, 2.05) is 19.1 Å². The lowest BCUT2D eigenvalue weighted by Crippen LogP contribution is -2.24. The number of hydrogen-bond acceptors (Lipinski definition) is 4.